The molecule has 1 aliphatic heterocycles. The van der Waals surface area contributed by atoms with Crippen LogP contribution < -0.4 is 10.2 Å². The average molecular weight is 436 g/mol. The van der Waals surface area contributed by atoms with Gasteiger partial charge in [-0.1, -0.05) is 17.7 Å². The van der Waals surface area contributed by atoms with Crippen molar-refractivity contribution in [2.75, 3.05) is 42.9 Å². The van der Waals surface area contributed by atoms with Gasteiger partial charge in [-0.25, -0.2) is 14.4 Å². The van der Waals surface area contributed by atoms with Gasteiger partial charge in [0.15, 0.2) is 5.67 Å². The molecule has 0 radical (unpaired) electrons. The molecule has 0 spiro atoms. The van der Waals surface area contributed by atoms with Crippen LogP contribution in [-0.4, -0.2) is 64.3 Å². The van der Waals surface area contributed by atoms with E-state index < -0.39 is 17.7 Å². The van der Waals surface area contributed by atoms with Gasteiger partial charge >= 0.3 is 0 Å². The van der Waals surface area contributed by atoms with E-state index >= 15 is 0 Å². The van der Waals surface area contributed by atoms with Gasteiger partial charge in [-0.3, -0.25) is 4.79 Å². The molecule has 30 heavy (non-hydrogen) atoms. The van der Waals surface area contributed by atoms with E-state index in [1.807, 2.05) is 24.0 Å². The summed E-state index contributed by atoms with van der Waals surface area (Å²) in [5, 5.41) is 14.3. The molecule has 2 aromatic rings. The number of rotatable bonds is 6. The van der Waals surface area contributed by atoms with E-state index in [0.29, 0.717) is 37.0 Å². The Morgan fingerprint density at radius 1 is 1.27 bits per heavy atom. The number of aryl methyl sites for hydroxylation is 1. The van der Waals surface area contributed by atoms with Gasteiger partial charge in [-0.2, -0.15) is 0 Å². The fraction of sp³-hybridized carbons (Fsp3) is 0.476. The molecule has 0 aliphatic carbocycles. The molecule has 1 unspecified atom stereocenters. The van der Waals surface area contributed by atoms with Gasteiger partial charge in [0.05, 0.1) is 6.10 Å². The van der Waals surface area contributed by atoms with Gasteiger partial charge in [0, 0.05) is 43.8 Å². The second-order valence-electron chi connectivity index (χ2n) is 7.91. The number of aliphatic hydroxyl groups is 1. The Morgan fingerprint density at radius 2 is 1.97 bits per heavy atom. The van der Waals surface area contributed by atoms with Crippen molar-refractivity contribution >= 4 is 29.1 Å². The van der Waals surface area contributed by atoms with Crippen LogP contribution in [-0.2, 0) is 4.79 Å². The van der Waals surface area contributed by atoms with Crippen molar-refractivity contribution in [1.82, 2.24) is 14.9 Å². The number of benzene rings is 1. The smallest absolute Gasteiger partial charge is 0.259 e. The molecule has 0 bridgehead atoms. The number of alkyl halides is 1. The van der Waals surface area contributed by atoms with E-state index in [-0.39, 0.29) is 6.54 Å². The van der Waals surface area contributed by atoms with E-state index in [0.717, 1.165) is 16.9 Å². The minimum absolute atomic E-state index is 0.285. The van der Waals surface area contributed by atoms with Crippen LogP contribution in [0.2, 0.25) is 5.02 Å². The molecule has 2 heterocycles. The van der Waals surface area contributed by atoms with E-state index in [4.69, 9.17) is 11.6 Å². The third-order valence-electron chi connectivity index (χ3n) is 5.12. The maximum Gasteiger partial charge on any atom is 0.259 e. The topological polar surface area (TPSA) is 81.6 Å². The lowest BCUT2D eigenvalue weighted by Crippen LogP contribution is -2.53. The first-order valence-corrected chi connectivity index (χ1v) is 10.3. The van der Waals surface area contributed by atoms with Crippen LogP contribution >= 0.6 is 11.6 Å². The van der Waals surface area contributed by atoms with Gasteiger partial charge in [0.2, 0.25) is 0 Å². The van der Waals surface area contributed by atoms with Crippen molar-refractivity contribution in [3.8, 4) is 0 Å². The van der Waals surface area contributed by atoms with Gasteiger partial charge in [0.1, 0.15) is 18.0 Å². The molecule has 1 fully saturated rings. The van der Waals surface area contributed by atoms with E-state index in [1.54, 1.807) is 17.0 Å². The molecule has 0 saturated carbocycles. The maximum absolute atomic E-state index is 13.9. The number of aliphatic hydroxyl groups excluding tert-OH is 1. The molecule has 2 N–H and O–H groups in total. The number of nitrogens with zero attached hydrogens (tertiary/aromatic N) is 4. The quantitative estimate of drug-likeness (QED) is 0.726. The summed E-state index contributed by atoms with van der Waals surface area (Å²) in [6.07, 6.45) is 0.749. The fourth-order valence-corrected chi connectivity index (χ4v) is 3.68. The summed E-state index contributed by atoms with van der Waals surface area (Å²) in [6, 6.07) is 7.19. The summed E-state index contributed by atoms with van der Waals surface area (Å²) in [7, 11) is 0. The third kappa shape index (κ3) is 5.37. The first-order valence-electron chi connectivity index (χ1n) is 9.88. The molecule has 1 amide bonds. The predicted octanol–water partition coefficient (Wildman–Crippen LogP) is 2.98. The molecular weight excluding hydrogens is 409 g/mol. The Kier molecular flexibility index (Phi) is 6.77. The van der Waals surface area contributed by atoms with Crippen LogP contribution in [0.3, 0.4) is 0 Å². The minimum atomic E-state index is -1.86. The highest BCUT2D eigenvalue weighted by molar-refractivity contribution is 6.30. The second-order valence-corrected chi connectivity index (χ2v) is 8.35. The molecule has 162 valence electrons. The molecular formula is C21H27ClFN5O2. The SMILES string of the molecule is Cc1cc(Cl)ccc1C(O)CNc1cc(N2CCN(C(=O)C(C)(C)F)CC2)ncn1. The molecule has 1 aromatic carbocycles. The van der Waals surface area contributed by atoms with E-state index in [9.17, 15) is 14.3 Å². The third-order valence-corrected chi connectivity index (χ3v) is 5.35. The largest absolute Gasteiger partial charge is 0.387 e. The predicted molar refractivity (Wildman–Crippen MR) is 116 cm³/mol. The van der Waals surface area contributed by atoms with Crippen LogP contribution in [0, 0.1) is 6.92 Å². The standard InChI is InChI=1S/C21H27ClFN5O2/c1-14-10-15(22)4-5-16(14)17(29)12-24-18-11-19(26-13-25-18)27-6-8-28(9-7-27)20(30)21(2,3)23/h4-5,10-11,13,17,29H,6-9,12H2,1-3H3,(H,24,25,26). The summed E-state index contributed by atoms with van der Waals surface area (Å²) < 4.78 is 13.9. The molecule has 7 nitrogen and oxygen atoms in total. The number of hydrogen-bond donors (Lipinski definition) is 2. The number of nitrogens with one attached hydrogen (secondary N) is 1. The highest BCUT2D eigenvalue weighted by Crippen LogP contribution is 2.23. The Labute approximate surface area is 180 Å². The van der Waals surface area contributed by atoms with Gasteiger partial charge in [-0.05, 0) is 44.0 Å². The Bertz CT molecular complexity index is 897. The highest BCUT2D eigenvalue weighted by atomic mass is 35.5. The summed E-state index contributed by atoms with van der Waals surface area (Å²) in [5.41, 5.74) is -0.140. The number of carbonyl (C=O) groups is 1. The minimum Gasteiger partial charge on any atom is -0.387 e. The lowest BCUT2D eigenvalue weighted by atomic mass is 10.0. The van der Waals surface area contributed by atoms with Gasteiger partial charge < -0.3 is 20.2 Å². The van der Waals surface area contributed by atoms with Crippen LogP contribution in [0.15, 0.2) is 30.6 Å². The van der Waals surface area contributed by atoms with Crippen molar-refractivity contribution in [1.29, 1.82) is 0 Å². The molecule has 1 aliphatic rings. The van der Waals surface area contributed by atoms with Crippen molar-refractivity contribution in [3.05, 3.63) is 46.7 Å². The summed E-state index contributed by atoms with van der Waals surface area (Å²) in [4.78, 5) is 24.2. The normalized spacial score (nSPS) is 15.8. The van der Waals surface area contributed by atoms with Crippen LogP contribution in [0.4, 0.5) is 16.0 Å². The summed E-state index contributed by atoms with van der Waals surface area (Å²) in [6.45, 7) is 6.75. The number of carbonyl (C=O) groups excluding carboxylic acids is 1. The van der Waals surface area contributed by atoms with E-state index in [1.165, 1.54) is 20.2 Å². The first-order chi connectivity index (χ1) is 14.1. The number of piperazine rings is 1. The van der Waals surface area contributed by atoms with Gasteiger partial charge in [-0.15, -0.1) is 0 Å². The number of halogens is 2. The zero-order chi connectivity index (χ0) is 21.9. The van der Waals surface area contributed by atoms with Crippen molar-refractivity contribution in [2.45, 2.75) is 32.5 Å². The van der Waals surface area contributed by atoms with E-state index in [2.05, 4.69) is 15.3 Å². The average Bonchev–Trinajstić information content (AvgIpc) is 2.71. The fourth-order valence-electron chi connectivity index (χ4n) is 3.46. The maximum atomic E-state index is 13.9. The molecule has 3 rings (SSSR count). The highest BCUT2D eigenvalue weighted by Gasteiger charge is 2.33. The zero-order valence-corrected chi connectivity index (χ0v) is 18.2. The summed E-state index contributed by atoms with van der Waals surface area (Å²) in [5.74, 6) is 0.823. The van der Waals surface area contributed by atoms with Crippen molar-refractivity contribution in [2.24, 2.45) is 0 Å². The van der Waals surface area contributed by atoms with Gasteiger partial charge in [0.25, 0.3) is 5.91 Å². The number of amides is 1. The second kappa shape index (κ2) is 9.14. The Morgan fingerprint density at radius 3 is 2.60 bits per heavy atom. The van der Waals surface area contributed by atoms with Crippen LogP contribution in [0.1, 0.15) is 31.1 Å². The molecule has 1 atom stereocenters. The van der Waals surface area contributed by atoms with Crippen LogP contribution in [0.5, 0.6) is 0 Å². The number of aromatic nitrogens is 2. The molecule has 9 heteroatoms. The lowest BCUT2D eigenvalue weighted by Gasteiger charge is -2.37. The number of hydrogen-bond acceptors (Lipinski definition) is 6. The first kappa shape index (κ1) is 22.2. The van der Waals surface area contributed by atoms with Crippen LogP contribution in [0.25, 0.3) is 0 Å². The van der Waals surface area contributed by atoms with Crippen molar-refractivity contribution < 1.29 is 14.3 Å². The number of anilines is 2. The zero-order valence-electron chi connectivity index (χ0n) is 17.4. The van der Waals surface area contributed by atoms with Crippen molar-refractivity contribution in [3.63, 3.8) is 0 Å². The Hall–Kier alpha value is -2.45. The summed E-state index contributed by atoms with van der Waals surface area (Å²) >= 11 is 5.98. The molecule has 1 saturated heterocycles. The Balaban J connectivity index is 1.58. The lowest BCUT2D eigenvalue weighted by molar-refractivity contribution is -0.142. The monoisotopic (exact) mass is 435 g/mol. The molecule has 1 aromatic heterocycles.